The van der Waals surface area contributed by atoms with Gasteiger partial charge in [0.25, 0.3) is 0 Å². The molecule has 2 N–H and O–H groups in total. The third kappa shape index (κ3) is 2.95. The van der Waals surface area contributed by atoms with Gasteiger partial charge in [-0.05, 0) is 7.05 Å². The first-order valence-electron chi connectivity index (χ1n) is 5.70. The van der Waals surface area contributed by atoms with Crippen LogP contribution in [-0.4, -0.2) is 41.1 Å². The number of hydrogen-bond acceptors (Lipinski definition) is 5. The SMILES string of the molecule is CC(CNc1nc2c(s1)CN(C)CC2)C(=O)O. The number of rotatable bonds is 4. The van der Waals surface area contributed by atoms with Crippen molar-refractivity contribution in [3.63, 3.8) is 0 Å². The highest BCUT2D eigenvalue weighted by Crippen LogP contribution is 2.27. The third-order valence-corrected chi connectivity index (χ3v) is 3.94. The zero-order valence-electron chi connectivity index (χ0n) is 10.1. The lowest BCUT2D eigenvalue weighted by molar-refractivity contribution is -0.140. The summed E-state index contributed by atoms with van der Waals surface area (Å²) in [6.07, 6.45) is 0.985. The van der Waals surface area contributed by atoms with E-state index in [1.807, 2.05) is 0 Å². The van der Waals surface area contributed by atoms with E-state index in [4.69, 9.17) is 5.11 Å². The number of aliphatic carboxylic acids is 1. The van der Waals surface area contributed by atoms with Gasteiger partial charge in [0, 0.05) is 30.9 Å². The van der Waals surface area contributed by atoms with Crippen LogP contribution < -0.4 is 5.32 Å². The van der Waals surface area contributed by atoms with Crippen molar-refractivity contribution in [1.82, 2.24) is 9.88 Å². The summed E-state index contributed by atoms with van der Waals surface area (Å²) in [5, 5.41) is 12.7. The van der Waals surface area contributed by atoms with Gasteiger partial charge in [-0.15, -0.1) is 11.3 Å². The Balaban J connectivity index is 1.97. The molecule has 0 aromatic carbocycles. The first kappa shape index (κ1) is 12.3. The summed E-state index contributed by atoms with van der Waals surface area (Å²) in [6, 6.07) is 0. The summed E-state index contributed by atoms with van der Waals surface area (Å²) in [5.41, 5.74) is 1.17. The van der Waals surface area contributed by atoms with E-state index in [2.05, 4.69) is 22.2 Å². The second-order valence-electron chi connectivity index (χ2n) is 4.50. The molecule has 17 heavy (non-hydrogen) atoms. The molecule has 0 radical (unpaired) electrons. The highest BCUT2D eigenvalue weighted by atomic mass is 32.1. The third-order valence-electron chi connectivity index (χ3n) is 2.90. The van der Waals surface area contributed by atoms with Crippen molar-refractivity contribution in [3.05, 3.63) is 10.6 Å². The Morgan fingerprint density at radius 1 is 1.71 bits per heavy atom. The maximum Gasteiger partial charge on any atom is 0.308 e. The molecule has 0 spiro atoms. The molecule has 1 atom stereocenters. The molecule has 0 saturated heterocycles. The topological polar surface area (TPSA) is 65.5 Å². The largest absolute Gasteiger partial charge is 0.481 e. The number of fused-ring (bicyclic) bond motifs is 1. The molecule has 0 amide bonds. The Hall–Kier alpha value is -1.14. The Bertz CT molecular complexity index is 419. The van der Waals surface area contributed by atoms with Gasteiger partial charge in [0.05, 0.1) is 11.6 Å². The number of likely N-dealkylation sites (N-methyl/N-ethyl adjacent to an activating group) is 1. The first-order valence-corrected chi connectivity index (χ1v) is 6.51. The minimum Gasteiger partial charge on any atom is -0.481 e. The van der Waals surface area contributed by atoms with Crippen molar-refractivity contribution in [2.24, 2.45) is 5.92 Å². The minimum atomic E-state index is -0.779. The van der Waals surface area contributed by atoms with E-state index in [0.29, 0.717) is 6.54 Å². The van der Waals surface area contributed by atoms with E-state index < -0.39 is 11.9 Å². The number of aromatic nitrogens is 1. The molecule has 1 unspecified atom stereocenters. The molecule has 94 valence electrons. The maximum absolute atomic E-state index is 10.7. The van der Waals surface area contributed by atoms with Gasteiger partial charge in [-0.1, -0.05) is 6.92 Å². The van der Waals surface area contributed by atoms with Gasteiger partial charge in [-0.3, -0.25) is 4.79 Å². The molecule has 1 aliphatic rings. The van der Waals surface area contributed by atoms with Crippen molar-refractivity contribution >= 4 is 22.4 Å². The zero-order valence-corrected chi connectivity index (χ0v) is 10.9. The summed E-state index contributed by atoms with van der Waals surface area (Å²) >= 11 is 1.64. The highest BCUT2D eigenvalue weighted by molar-refractivity contribution is 7.15. The summed E-state index contributed by atoms with van der Waals surface area (Å²) in [6.45, 7) is 4.11. The van der Waals surface area contributed by atoms with E-state index in [-0.39, 0.29) is 0 Å². The summed E-state index contributed by atoms with van der Waals surface area (Å²) < 4.78 is 0. The van der Waals surface area contributed by atoms with Crippen LogP contribution in [0.25, 0.3) is 0 Å². The molecular weight excluding hydrogens is 238 g/mol. The number of nitrogens with one attached hydrogen (secondary N) is 1. The van der Waals surface area contributed by atoms with Gasteiger partial charge in [-0.25, -0.2) is 4.98 Å². The normalized spacial score (nSPS) is 17.5. The van der Waals surface area contributed by atoms with Crippen molar-refractivity contribution in [3.8, 4) is 0 Å². The fraction of sp³-hybridized carbons (Fsp3) is 0.636. The van der Waals surface area contributed by atoms with E-state index in [1.165, 1.54) is 10.6 Å². The fourth-order valence-corrected chi connectivity index (χ4v) is 2.82. The number of nitrogens with zero attached hydrogens (tertiary/aromatic N) is 2. The minimum absolute atomic E-state index is 0.390. The lowest BCUT2D eigenvalue weighted by atomic mass is 10.2. The lowest BCUT2D eigenvalue weighted by Gasteiger charge is -2.20. The quantitative estimate of drug-likeness (QED) is 0.848. The first-order chi connectivity index (χ1) is 8.06. The number of hydrogen-bond donors (Lipinski definition) is 2. The Kier molecular flexibility index (Phi) is 3.63. The van der Waals surface area contributed by atoms with Gasteiger partial charge in [0.15, 0.2) is 5.13 Å². The molecule has 0 saturated carbocycles. The van der Waals surface area contributed by atoms with Gasteiger partial charge < -0.3 is 15.3 Å². The zero-order chi connectivity index (χ0) is 12.4. The van der Waals surface area contributed by atoms with Crippen LogP contribution >= 0.6 is 11.3 Å². The summed E-state index contributed by atoms with van der Waals surface area (Å²) in [4.78, 5) is 18.8. The molecule has 1 aromatic rings. The molecule has 2 rings (SSSR count). The molecular formula is C11H17N3O2S. The summed E-state index contributed by atoms with van der Waals surface area (Å²) in [5.74, 6) is -1.17. The van der Waals surface area contributed by atoms with Gasteiger partial charge in [-0.2, -0.15) is 0 Å². The maximum atomic E-state index is 10.7. The second-order valence-corrected chi connectivity index (χ2v) is 5.58. The van der Waals surface area contributed by atoms with E-state index in [0.717, 1.165) is 24.6 Å². The monoisotopic (exact) mass is 255 g/mol. The van der Waals surface area contributed by atoms with E-state index in [1.54, 1.807) is 18.3 Å². The Morgan fingerprint density at radius 2 is 2.47 bits per heavy atom. The number of carboxylic acid groups (broad SMARTS) is 1. The predicted octanol–water partition coefficient (Wildman–Crippen LogP) is 1.26. The van der Waals surface area contributed by atoms with Crippen molar-refractivity contribution < 1.29 is 9.90 Å². The van der Waals surface area contributed by atoms with Crippen molar-refractivity contribution in [2.45, 2.75) is 19.9 Å². The summed E-state index contributed by atoms with van der Waals surface area (Å²) in [7, 11) is 2.10. The molecule has 0 bridgehead atoms. The number of carboxylic acids is 1. The highest BCUT2D eigenvalue weighted by Gasteiger charge is 2.18. The van der Waals surface area contributed by atoms with Gasteiger partial charge in [0.2, 0.25) is 0 Å². The Morgan fingerprint density at radius 3 is 3.18 bits per heavy atom. The molecule has 6 heteroatoms. The van der Waals surface area contributed by atoms with Crippen LogP contribution in [0.3, 0.4) is 0 Å². The van der Waals surface area contributed by atoms with Crippen molar-refractivity contribution in [1.29, 1.82) is 0 Å². The number of carbonyl (C=O) groups is 1. The predicted molar refractivity (Wildman–Crippen MR) is 67.4 cm³/mol. The van der Waals surface area contributed by atoms with Gasteiger partial charge in [0.1, 0.15) is 0 Å². The van der Waals surface area contributed by atoms with Crippen molar-refractivity contribution in [2.75, 3.05) is 25.5 Å². The molecule has 1 aromatic heterocycles. The fourth-order valence-electron chi connectivity index (χ4n) is 1.73. The van der Waals surface area contributed by atoms with Crippen LogP contribution in [0, 0.1) is 5.92 Å². The average molecular weight is 255 g/mol. The number of anilines is 1. The average Bonchev–Trinajstić information content (AvgIpc) is 2.67. The molecule has 0 aliphatic carbocycles. The standard InChI is InChI=1S/C11H17N3O2S/c1-7(10(15)16)5-12-11-13-8-3-4-14(2)6-9(8)17-11/h7H,3-6H2,1-2H3,(H,12,13)(H,15,16). The molecule has 0 fully saturated rings. The molecule has 5 nitrogen and oxygen atoms in total. The van der Waals surface area contributed by atoms with E-state index >= 15 is 0 Å². The molecule has 2 heterocycles. The lowest BCUT2D eigenvalue weighted by Crippen LogP contribution is -2.25. The second kappa shape index (κ2) is 5.01. The van der Waals surface area contributed by atoms with Gasteiger partial charge >= 0.3 is 5.97 Å². The molecule has 1 aliphatic heterocycles. The van der Waals surface area contributed by atoms with Crippen LogP contribution in [0.4, 0.5) is 5.13 Å². The van der Waals surface area contributed by atoms with Crippen LogP contribution in [-0.2, 0) is 17.8 Å². The van der Waals surface area contributed by atoms with Crippen LogP contribution in [0.2, 0.25) is 0 Å². The smallest absolute Gasteiger partial charge is 0.308 e. The van der Waals surface area contributed by atoms with Crippen LogP contribution in [0.15, 0.2) is 0 Å². The Labute approximate surface area is 104 Å². The van der Waals surface area contributed by atoms with Crippen LogP contribution in [0.1, 0.15) is 17.5 Å². The van der Waals surface area contributed by atoms with E-state index in [9.17, 15) is 4.79 Å². The van der Waals surface area contributed by atoms with Crippen LogP contribution in [0.5, 0.6) is 0 Å². The number of thiazole rings is 1.